The van der Waals surface area contributed by atoms with E-state index in [1.807, 2.05) is 50.1 Å². The van der Waals surface area contributed by atoms with E-state index in [9.17, 15) is 0 Å². The van der Waals surface area contributed by atoms with E-state index < -0.39 is 14.8 Å². The van der Waals surface area contributed by atoms with Gasteiger partial charge in [0.15, 0.2) is 23.5 Å². The number of nitriles is 1. The van der Waals surface area contributed by atoms with E-state index in [1.54, 1.807) is 23.6 Å². The topological polar surface area (TPSA) is 143 Å². The van der Waals surface area contributed by atoms with Crippen LogP contribution in [0, 0.1) is 11.3 Å². The van der Waals surface area contributed by atoms with Crippen LogP contribution in [0.2, 0.25) is 0 Å². The largest absolute Gasteiger partial charge is 0.463 e. The first kappa shape index (κ1) is 34.4. The zero-order valence-corrected chi connectivity index (χ0v) is 28.5. The average Bonchev–Trinajstić information content (AvgIpc) is 3.73. The summed E-state index contributed by atoms with van der Waals surface area (Å²) >= 11 is 0. The Hall–Kier alpha value is -3.47. The lowest BCUT2D eigenvalue weighted by molar-refractivity contribution is -0.0215. The summed E-state index contributed by atoms with van der Waals surface area (Å²) < 4.78 is 29.4. The van der Waals surface area contributed by atoms with Crippen LogP contribution in [0.15, 0.2) is 32.8 Å². The van der Waals surface area contributed by atoms with E-state index in [0.29, 0.717) is 47.8 Å². The average molecular weight is 641 g/mol. The Labute approximate surface area is 266 Å². The number of nitrogens with zero attached hydrogens (tertiary/aromatic N) is 10. The molecule has 1 aliphatic rings. The van der Waals surface area contributed by atoms with Gasteiger partial charge in [0.2, 0.25) is 0 Å². The summed E-state index contributed by atoms with van der Waals surface area (Å²) in [6.45, 7) is 10.9. The number of rotatable bonds is 15. The van der Waals surface area contributed by atoms with Gasteiger partial charge in [0.05, 0.1) is 55.6 Å². The first-order valence-electron chi connectivity index (χ1n) is 15.2. The molecule has 0 saturated carbocycles. The first-order chi connectivity index (χ1) is 21.5. The van der Waals surface area contributed by atoms with Crippen LogP contribution < -0.4 is 0 Å². The van der Waals surface area contributed by atoms with Crippen molar-refractivity contribution >= 4 is 44.0 Å². The van der Waals surface area contributed by atoms with E-state index in [2.05, 4.69) is 60.3 Å². The molecule has 3 aromatic heterocycles. The van der Waals surface area contributed by atoms with Crippen LogP contribution in [0.4, 0.5) is 11.8 Å². The number of hydrogen-bond acceptors (Lipinski definition) is 11. The quantitative estimate of drug-likeness (QED) is 0.0849. The number of aromatic nitrogens is 4. The standard InChI is InChI=1S/C30H45N10O4P/c1-10-22-24(44-45(42-16-12-14-31)40(20(2)3)21(4)5)17-25(43-22)39-29-26(27(36-39)23-13-11-15-41-23)28(32-18-37(6)7)34-30(35-29)33-19-38(8)9/h11,13,15,18-22,24-25H,10,12,16-17H2,1-9H3. The maximum atomic E-state index is 9.13. The van der Waals surface area contributed by atoms with E-state index in [4.69, 9.17) is 33.5 Å². The number of hydrogen-bond donors (Lipinski definition) is 0. The molecule has 1 saturated heterocycles. The van der Waals surface area contributed by atoms with Crippen molar-refractivity contribution in [1.82, 2.24) is 34.2 Å². The summed E-state index contributed by atoms with van der Waals surface area (Å²) in [5.41, 5.74) is 1.07. The second kappa shape index (κ2) is 15.7. The highest BCUT2D eigenvalue weighted by atomic mass is 31.2. The molecule has 4 rings (SSSR count). The Morgan fingerprint density at radius 1 is 1.13 bits per heavy atom. The Balaban J connectivity index is 1.79. The zero-order valence-electron chi connectivity index (χ0n) is 27.7. The van der Waals surface area contributed by atoms with Gasteiger partial charge < -0.3 is 28.0 Å². The molecule has 4 atom stereocenters. The van der Waals surface area contributed by atoms with Crippen molar-refractivity contribution in [2.24, 2.45) is 9.98 Å². The number of aliphatic imine (C=N–C) groups is 2. The lowest BCUT2D eigenvalue weighted by Gasteiger charge is -2.37. The van der Waals surface area contributed by atoms with Crippen molar-refractivity contribution in [3.8, 4) is 17.5 Å². The summed E-state index contributed by atoms with van der Waals surface area (Å²) in [6, 6.07) is 6.18. The van der Waals surface area contributed by atoms with Gasteiger partial charge in [0, 0.05) is 46.7 Å². The molecule has 0 aromatic carbocycles. The van der Waals surface area contributed by atoms with Gasteiger partial charge in [-0.2, -0.15) is 20.3 Å². The summed E-state index contributed by atoms with van der Waals surface area (Å²) in [7, 11) is 6.08. The molecule has 15 heteroatoms. The Bertz CT molecular complexity index is 1470. The van der Waals surface area contributed by atoms with E-state index in [-0.39, 0.29) is 30.2 Å². The van der Waals surface area contributed by atoms with Crippen molar-refractivity contribution in [2.45, 2.75) is 84.4 Å². The molecule has 0 radical (unpaired) electrons. The van der Waals surface area contributed by atoms with E-state index in [1.165, 1.54) is 0 Å². The summed E-state index contributed by atoms with van der Waals surface area (Å²) in [6.07, 6.45) is 5.45. The molecule has 0 spiro atoms. The van der Waals surface area contributed by atoms with Crippen LogP contribution in [-0.2, 0) is 13.8 Å². The summed E-state index contributed by atoms with van der Waals surface area (Å²) in [5.74, 6) is 1.21. The number of ether oxygens (including phenoxy) is 1. The van der Waals surface area contributed by atoms with Crippen LogP contribution >= 0.6 is 8.53 Å². The SMILES string of the molecule is CCC1OC(n2nc(-c3ccco3)c3c(N=CN(C)C)nc(N=CN(C)C)nc32)CC1OP(OCCC#N)N(C(C)C)C(C)C. The van der Waals surface area contributed by atoms with E-state index >= 15 is 0 Å². The molecule has 45 heavy (non-hydrogen) atoms. The molecule has 0 amide bonds. The number of fused-ring (bicyclic) bond motifs is 1. The second-order valence-corrected chi connectivity index (χ2v) is 13.1. The third kappa shape index (κ3) is 8.42. The normalized spacial score (nSPS) is 19.6. The van der Waals surface area contributed by atoms with Crippen molar-refractivity contribution < 1.29 is 18.2 Å². The van der Waals surface area contributed by atoms with Gasteiger partial charge in [0.1, 0.15) is 5.69 Å². The summed E-state index contributed by atoms with van der Waals surface area (Å²) in [5, 5.41) is 14.7. The Morgan fingerprint density at radius 3 is 2.44 bits per heavy atom. The van der Waals surface area contributed by atoms with Gasteiger partial charge in [-0.1, -0.05) is 6.92 Å². The van der Waals surface area contributed by atoms with Gasteiger partial charge >= 0.3 is 0 Å². The highest BCUT2D eigenvalue weighted by Gasteiger charge is 2.42. The third-order valence-corrected chi connectivity index (χ3v) is 8.99. The predicted octanol–water partition coefficient (Wildman–Crippen LogP) is 5.89. The molecule has 1 aliphatic heterocycles. The van der Waals surface area contributed by atoms with Gasteiger partial charge in [-0.05, 0) is 46.2 Å². The van der Waals surface area contributed by atoms with E-state index in [0.717, 1.165) is 6.42 Å². The van der Waals surface area contributed by atoms with Gasteiger partial charge in [-0.3, -0.25) is 0 Å². The summed E-state index contributed by atoms with van der Waals surface area (Å²) in [4.78, 5) is 22.3. The molecule has 1 fully saturated rings. The molecular formula is C30H45N10O4P. The maximum absolute atomic E-state index is 9.13. The van der Waals surface area contributed by atoms with Crippen molar-refractivity contribution in [3.63, 3.8) is 0 Å². The lowest BCUT2D eigenvalue weighted by atomic mass is 10.1. The fourth-order valence-corrected chi connectivity index (χ4v) is 6.78. The molecule has 4 unspecified atom stereocenters. The zero-order chi connectivity index (χ0) is 32.7. The second-order valence-electron chi connectivity index (χ2n) is 11.7. The van der Waals surface area contributed by atoms with Gasteiger partial charge in [0.25, 0.3) is 14.5 Å². The Morgan fingerprint density at radius 2 is 1.84 bits per heavy atom. The molecule has 0 aliphatic carbocycles. The molecule has 4 heterocycles. The minimum absolute atomic E-state index is 0.182. The molecule has 244 valence electrons. The maximum Gasteiger partial charge on any atom is 0.259 e. The van der Waals surface area contributed by atoms with Crippen LogP contribution in [0.25, 0.3) is 22.5 Å². The predicted molar refractivity (Wildman–Crippen MR) is 176 cm³/mol. The molecule has 14 nitrogen and oxygen atoms in total. The fourth-order valence-electron chi connectivity index (χ4n) is 5.02. The highest BCUT2D eigenvalue weighted by molar-refractivity contribution is 7.44. The minimum atomic E-state index is -1.45. The van der Waals surface area contributed by atoms with Crippen molar-refractivity contribution in [3.05, 3.63) is 18.4 Å². The van der Waals surface area contributed by atoms with Crippen molar-refractivity contribution in [1.29, 1.82) is 5.26 Å². The molecule has 0 bridgehead atoms. The van der Waals surface area contributed by atoms with Crippen molar-refractivity contribution in [2.75, 3.05) is 34.8 Å². The van der Waals surface area contributed by atoms with Gasteiger partial charge in [-0.25, -0.2) is 19.3 Å². The first-order valence-corrected chi connectivity index (χ1v) is 16.3. The molecular weight excluding hydrogens is 595 g/mol. The minimum Gasteiger partial charge on any atom is -0.463 e. The van der Waals surface area contributed by atoms with Crippen LogP contribution in [-0.4, -0.2) is 106 Å². The van der Waals surface area contributed by atoms with Crippen LogP contribution in [0.5, 0.6) is 0 Å². The van der Waals surface area contributed by atoms with Crippen LogP contribution in [0.1, 0.15) is 60.1 Å². The monoisotopic (exact) mass is 640 g/mol. The lowest BCUT2D eigenvalue weighted by Crippen LogP contribution is -2.35. The molecule has 0 N–H and O–H groups in total. The smallest absolute Gasteiger partial charge is 0.259 e. The molecule has 3 aromatic rings. The highest BCUT2D eigenvalue weighted by Crippen LogP contribution is 2.50. The third-order valence-electron chi connectivity index (χ3n) is 6.83. The van der Waals surface area contributed by atoms with Crippen LogP contribution in [0.3, 0.4) is 0 Å². The fraction of sp³-hybridized carbons (Fsp3) is 0.600. The van der Waals surface area contributed by atoms with Gasteiger partial charge in [-0.15, -0.1) is 0 Å². The number of furan rings is 1. The Kier molecular flexibility index (Phi) is 12.0.